The summed E-state index contributed by atoms with van der Waals surface area (Å²) in [7, 11) is 0. The lowest BCUT2D eigenvalue weighted by Crippen LogP contribution is -2.43. The van der Waals surface area contributed by atoms with Crippen LogP contribution in [0, 0.1) is 11.3 Å². The Balaban J connectivity index is 2.36. The van der Waals surface area contributed by atoms with Crippen LogP contribution in [0.5, 0.6) is 0 Å². The summed E-state index contributed by atoms with van der Waals surface area (Å²) < 4.78 is 1.88. The second-order valence-electron chi connectivity index (χ2n) is 4.79. The number of aryl methyl sites for hydroxylation is 1. The van der Waals surface area contributed by atoms with Crippen LogP contribution in [0.3, 0.4) is 0 Å². The molecule has 9 heteroatoms. The van der Waals surface area contributed by atoms with Gasteiger partial charge in [0, 0.05) is 17.8 Å². The van der Waals surface area contributed by atoms with E-state index in [4.69, 9.17) is 28.5 Å². The van der Waals surface area contributed by atoms with E-state index in [1.807, 2.05) is 0 Å². The lowest BCUT2D eigenvalue weighted by Gasteiger charge is -2.11. The highest BCUT2D eigenvalue weighted by molar-refractivity contribution is 6.35. The molecular formula is C15H12Cl2N4O3. The number of aromatic nitrogens is 2. The summed E-state index contributed by atoms with van der Waals surface area (Å²) in [6, 6.07) is 6.22. The third kappa shape index (κ3) is 3.67. The van der Waals surface area contributed by atoms with E-state index in [-0.39, 0.29) is 22.8 Å². The van der Waals surface area contributed by atoms with Crippen LogP contribution in [0.2, 0.25) is 10.0 Å². The molecule has 0 saturated heterocycles. The summed E-state index contributed by atoms with van der Waals surface area (Å²) in [5.74, 6) is -0.642. The van der Waals surface area contributed by atoms with Crippen molar-refractivity contribution >= 4 is 34.8 Å². The van der Waals surface area contributed by atoms with Gasteiger partial charge in [0.2, 0.25) is 5.91 Å². The molecule has 0 saturated carbocycles. The van der Waals surface area contributed by atoms with Crippen molar-refractivity contribution in [1.29, 1.82) is 5.26 Å². The van der Waals surface area contributed by atoms with Crippen LogP contribution in [0.4, 0.5) is 5.69 Å². The van der Waals surface area contributed by atoms with E-state index >= 15 is 0 Å². The third-order valence-corrected chi connectivity index (χ3v) is 3.77. The summed E-state index contributed by atoms with van der Waals surface area (Å²) in [6.07, 6.45) is 1.17. The van der Waals surface area contributed by atoms with Crippen molar-refractivity contribution < 1.29 is 4.79 Å². The molecule has 1 aromatic heterocycles. The molecular weight excluding hydrogens is 355 g/mol. The number of halogens is 2. The molecule has 0 spiro atoms. The molecule has 7 nitrogen and oxygen atoms in total. The number of rotatable bonds is 4. The molecule has 0 unspecified atom stereocenters. The lowest BCUT2D eigenvalue weighted by atomic mass is 10.3. The van der Waals surface area contributed by atoms with E-state index in [0.717, 1.165) is 0 Å². The second kappa shape index (κ2) is 7.34. The highest BCUT2D eigenvalue weighted by Gasteiger charge is 2.14. The molecule has 1 N–H and O–H groups in total. The Labute approximate surface area is 146 Å². The van der Waals surface area contributed by atoms with Gasteiger partial charge in [0.25, 0.3) is 5.56 Å². The number of nitrogens with zero attached hydrogens (tertiary/aromatic N) is 3. The van der Waals surface area contributed by atoms with Crippen LogP contribution in [-0.2, 0) is 17.9 Å². The Morgan fingerprint density at radius 3 is 2.67 bits per heavy atom. The molecule has 0 atom stereocenters. The summed E-state index contributed by atoms with van der Waals surface area (Å²) in [6.45, 7) is 1.40. The van der Waals surface area contributed by atoms with Crippen LogP contribution >= 0.6 is 23.2 Å². The van der Waals surface area contributed by atoms with Crippen molar-refractivity contribution in [2.24, 2.45) is 0 Å². The van der Waals surface area contributed by atoms with Gasteiger partial charge < -0.3 is 5.32 Å². The molecule has 2 aromatic rings. The van der Waals surface area contributed by atoms with E-state index in [2.05, 4.69) is 5.32 Å². The number of amides is 1. The van der Waals surface area contributed by atoms with E-state index < -0.39 is 23.7 Å². The first-order valence-corrected chi connectivity index (χ1v) is 7.62. The summed E-state index contributed by atoms with van der Waals surface area (Å²) in [5.41, 5.74) is -1.45. The maximum absolute atomic E-state index is 12.2. The van der Waals surface area contributed by atoms with E-state index in [1.54, 1.807) is 19.1 Å². The van der Waals surface area contributed by atoms with Crippen molar-refractivity contribution in [2.75, 3.05) is 5.32 Å². The van der Waals surface area contributed by atoms with Gasteiger partial charge in [-0.25, -0.2) is 9.36 Å². The fourth-order valence-corrected chi connectivity index (χ4v) is 2.36. The van der Waals surface area contributed by atoms with Crippen molar-refractivity contribution in [3.8, 4) is 6.07 Å². The number of carbonyl (C=O) groups excluding carboxylic acids is 1. The molecule has 0 radical (unpaired) electrons. The Kier molecular flexibility index (Phi) is 5.44. The van der Waals surface area contributed by atoms with Gasteiger partial charge in [-0.05, 0) is 25.1 Å². The fourth-order valence-electron chi connectivity index (χ4n) is 2.02. The SMILES string of the molecule is CCn1cc(C#N)c(=O)n(CC(=O)Nc2cc(Cl)ccc2Cl)c1=O. The largest absolute Gasteiger partial charge is 0.331 e. The summed E-state index contributed by atoms with van der Waals surface area (Å²) in [4.78, 5) is 36.4. The van der Waals surface area contributed by atoms with Crippen molar-refractivity contribution in [1.82, 2.24) is 9.13 Å². The topological polar surface area (TPSA) is 96.9 Å². The number of hydrogen-bond acceptors (Lipinski definition) is 4. The third-order valence-electron chi connectivity index (χ3n) is 3.20. The van der Waals surface area contributed by atoms with E-state index in [9.17, 15) is 14.4 Å². The monoisotopic (exact) mass is 366 g/mol. The molecule has 1 amide bonds. The zero-order valence-corrected chi connectivity index (χ0v) is 14.1. The van der Waals surface area contributed by atoms with Gasteiger partial charge in [-0.3, -0.25) is 14.2 Å². The van der Waals surface area contributed by atoms with E-state index in [0.29, 0.717) is 9.59 Å². The van der Waals surface area contributed by atoms with Crippen LogP contribution in [0.1, 0.15) is 12.5 Å². The Bertz CT molecular complexity index is 957. The van der Waals surface area contributed by atoms with Gasteiger partial charge in [0.15, 0.2) is 0 Å². The van der Waals surface area contributed by atoms with Crippen LogP contribution in [0.15, 0.2) is 34.0 Å². The average Bonchev–Trinajstić information content (AvgIpc) is 2.55. The predicted octanol–water partition coefficient (Wildman–Crippen LogP) is 1.85. The summed E-state index contributed by atoms with van der Waals surface area (Å²) >= 11 is 11.8. The first kappa shape index (κ1) is 17.8. The van der Waals surface area contributed by atoms with Gasteiger partial charge in [-0.1, -0.05) is 23.2 Å². The number of hydrogen-bond donors (Lipinski definition) is 1. The molecule has 0 aliphatic heterocycles. The van der Waals surface area contributed by atoms with Crippen molar-refractivity contribution in [2.45, 2.75) is 20.0 Å². The molecule has 0 aliphatic rings. The molecule has 0 fully saturated rings. The van der Waals surface area contributed by atoms with E-state index in [1.165, 1.54) is 22.9 Å². The van der Waals surface area contributed by atoms with Gasteiger partial charge in [-0.2, -0.15) is 5.26 Å². The predicted molar refractivity (Wildman–Crippen MR) is 90.4 cm³/mol. The Morgan fingerprint density at radius 2 is 2.04 bits per heavy atom. The van der Waals surface area contributed by atoms with Crippen LogP contribution in [0.25, 0.3) is 0 Å². The normalized spacial score (nSPS) is 10.2. The average molecular weight is 367 g/mol. The molecule has 2 rings (SSSR count). The van der Waals surface area contributed by atoms with Gasteiger partial charge in [0.1, 0.15) is 18.2 Å². The first-order chi connectivity index (χ1) is 11.4. The Morgan fingerprint density at radius 1 is 1.33 bits per heavy atom. The number of carbonyl (C=O) groups is 1. The summed E-state index contributed by atoms with van der Waals surface area (Å²) in [5, 5.41) is 12.1. The molecule has 1 aromatic carbocycles. The van der Waals surface area contributed by atoms with Gasteiger partial charge >= 0.3 is 5.69 Å². The molecule has 124 valence electrons. The zero-order valence-electron chi connectivity index (χ0n) is 12.5. The first-order valence-electron chi connectivity index (χ1n) is 6.86. The quantitative estimate of drug-likeness (QED) is 0.892. The molecule has 0 bridgehead atoms. The van der Waals surface area contributed by atoms with Crippen molar-refractivity contribution in [3.05, 3.63) is 60.8 Å². The minimum atomic E-state index is -0.820. The number of nitrogens with one attached hydrogen (secondary N) is 1. The lowest BCUT2D eigenvalue weighted by molar-refractivity contribution is -0.116. The number of benzene rings is 1. The number of anilines is 1. The maximum atomic E-state index is 12.2. The smallest absolute Gasteiger partial charge is 0.323 e. The highest BCUT2D eigenvalue weighted by Crippen LogP contribution is 2.25. The van der Waals surface area contributed by atoms with Gasteiger partial charge in [-0.15, -0.1) is 0 Å². The van der Waals surface area contributed by atoms with Crippen molar-refractivity contribution in [3.63, 3.8) is 0 Å². The zero-order chi connectivity index (χ0) is 17.9. The molecule has 24 heavy (non-hydrogen) atoms. The van der Waals surface area contributed by atoms with Crippen LogP contribution < -0.4 is 16.6 Å². The fraction of sp³-hybridized carbons (Fsp3) is 0.200. The van der Waals surface area contributed by atoms with Gasteiger partial charge in [0.05, 0.1) is 10.7 Å². The molecule has 0 aliphatic carbocycles. The van der Waals surface area contributed by atoms with Crippen LogP contribution in [-0.4, -0.2) is 15.0 Å². The minimum absolute atomic E-state index is 0.218. The second-order valence-corrected chi connectivity index (χ2v) is 5.63. The number of nitriles is 1. The minimum Gasteiger partial charge on any atom is -0.323 e. The maximum Gasteiger partial charge on any atom is 0.331 e. The molecule has 1 heterocycles. The highest BCUT2D eigenvalue weighted by atomic mass is 35.5. The Hall–Kier alpha value is -2.56. The standard InChI is InChI=1S/C15H12Cl2N4O3/c1-2-20-7-9(6-18)14(23)21(15(20)24)8-13(22)19-12-5-10(16)3-4-11(12)17/h3-5,7H,2,8H2,1H3,(H,19,22).